The Balaban J connectivity index is 1.97. The molecule has 1 saturated carbocycles. The fourth-order valence-electron chi connectivity index (χ4n) is 1.51. The maximum atomic E-state index is 11.6. The van der Waals surface area contributed by atoms with Gasteiger partial charge in [0, 0.05) is 18.2 Å². The molecule has 0 radical (unpaired) electrons. The molecule has 0 saturated heterocycles. The zero-order chi connectivity index (χ0) is 12.1. The van der Waals surface area contributed by atoms with Crippen LogP contribution >= 0.6 is 0 Å². The van der Waals surface area contributed by atoms with Gasteiger partial charge in [0.2, 0.25) is 5.91 Å². The lowest BCUT2D eigenvalue weighted by molar-refractivity contribution is -0.116. The van der Waals surface area contributed by atoms with Gasteiger partial charge in [-0.3, -0.25) is 4.79 Å². The second kappa shape index (κ2) is 5.46. The van der Waals surface area contributed by atoms with Gasteiger partial charge >= 0.3 is 0 Å². The van der Waals surface area contributed by atoms with Crippen LogP contribution in [0.4, 0.5) is 5.82 Å². The second-order valence-corrected chi connectivity index (χ2v) is 4.13. The van der Waals surface area contributed by atoms with Gasteiger partial charge in [-0.25, -0.2) is 4.98 Å². The molecule has 0 spiro atoms. The van der Waals surface area contributed by atoms with E-state index in [1.807, 2.05) is 0 Å². The van der Waals surface area contributed by atoms with Crippen LogP contribution in [0.3, 0.4) is 0 Å². The lowest BCUT2D eigenvalue weighted by Crippen LogP contribution is -2.13. The average molecular weight is 229 g/mol. The summed E-state index contributed by atoms with van der Waals surface area (Å²) in [4.78, 5) is 15.7. The highest BCUT2D eigenvalue weighted by atomic mass is 16.1. The number of rotatable bonds is 3. The Morgan fingerprint density at radius 2 is 2.41 bits per heavy atom. The molecule has 1 fully saturated rings. The number of nitrogens with two attached hydrogens (primary N) is 1. The summed E-state index contributed by atoms with van der Waals surface area (Å²) in [6.45, 7) is 0.325. The molecule has 1 aliphatic carbocycles. The molecule has 0 unspecified atom stereocenters. The second-order valence-electron chi connectivity index (χ2n) is 4.13. The molecule has 2 rings (SSSR count). The van der Waals surface area contributed by atoms with E-state index in [2.05, 4.69) is 22.1 Å². The van der Waals surface area contributed by atoms with E-state index in [0.717, 1.165) is 5.56 Å². The zero-order valence-corrected chi connectivity index (χ0v) is 9.57. The lowest BCUT2D eigenvalue weighted by Gasteiger charge is -2.03. The van der Waals surface area contributed by atoms with Crippen molar-refractivity contribution in [3.8, 4) is 11.8 Å². The minimum absolute atomic E-state index is 0.0314. The largest absolute Gasteiger partial charge is 0.320 e. The molecule has 1 heterocycles. The number of amides is 1. The number of anilines is 1. The Morgan fingerprint density at radius 3 is 3.12 bits per heavy atom. The fraction of sp³-hybridized carbons (Fsp3) is 0.385. The van der Waals surface area contributed by atoms with Crippen molar-refractivity contribution in [3.05, 3.63) is 23.9 Å². The summed E-state index contributed by atoms with van der Waals surface area (Å²) in [5.74, 6) is 6.83. The first-order valence-electron chi connectivity index (χ1n) is 5.73. The molecular weight excluding hydrogens is 214 g/mol. The maximum Gasteiger partial charge on any atom is 0.225 e. The third kappa shape index (κ3) is 3.89. The van der Waals surface area contributed by atoms with Gasteiger partial charge in [-0.15, -0.1) is 0 Å². The molecule has 1 aromatic rings. The monoisotopic (exact) mass is 229 g/mol. The normalized spacial score (nSPS) is 13.7. The third-order valence-corrected chi connectivity index (χ3v) is 2.53. The van der Waals surface area contributed by atoms with Crippen LogP contribution in [-0.4, -0.2) is 17.4 Å². The highest BCUT2D eigenvalue weighted by molar-refractivity contribution is 5.90. The summed E-state index contributed by atoms with van der Waals surface area (Å²) < 4.78 is 0. The van der Waals surface area contributed by atoms with E-state index in [1.165, 1.54) is 12.8 Å². The van der Waals surface area contributed by atoms with Crippen LogP contribution in [0.5, 0.6) is 0 Å². The Kier molecular flexibility index (Phi) is 3.73. The highest BCUT2D eigenvalue weighted by Crippen LogP contribution is 2.32. The Labute approximate surface area is 101 Å². The van der Waals surface area contributed by atoms with E-state index in [0.29, 0.717) is 24.7 Å². The molecule has 0 aliphatic heterocycles. The highest BCUT2D eigenvalue weighted by Gasteiger charge is 2.24. The minimum Gasteiger partial charge on any atom is -0.320 e. The van der Waals surface area contributed by atoms with E-state index >= 15 is 0 Å². The Morgan fingerprint density at radius 1 is 1.59 bits per heavy atom. The van der Waals surface area contributed by atoms with Gasteiger partial charge < -0.3 is 11.1 Å². The van der Waals surface area contributed by atoms with Crippen molar-refractivity contribution in [2.24, 2.45) is 11.7 Å². The smallest absolute Gasteiger partial charge is 0.225 e. The van der Waals surface area contributed by atoms with Crippen LogP contribution in [-0.2, 0) is 4.79 Å². The summed E-state index contributed by atoms with van der Waals surface area (Å²) in [6, 6.07) is 3.55. The van der Waals surface area contributed by atoms with E-state index in [-0.39, 0.29) is 5.91 Å². The van der Waals surface area contributed by atoms with Gasteiger partial charge in [-0.2, -0.15) is 0 Å². The summed E-state index contributed by atoms with van der Waals surface area (Å²) in [5, 5.41) is 2.78. The molecule has 4 nitrogen and oxygen atoms in total. The van der Waals surface area contributed by atoms with Crippen molar-refractivity contribution >= 4 is 11.7 Å². The van der Waals surface area contributed by atoms with Crippen LogP contribution in [0, 0.1) is 17.8 Å². The van der Waals surface area contributed by atoms with Gasteiger partial charge in [0.05, 0.1) is 6.54 Å². The van der Waals surface area contributed by atoms with Crippen LogP contribution < -0.4 is 11.1 Å². The molecular formula is C13H15N3O. The summed E-state index contributed by atoms with van der Waals surface area (Å²) >= 11 is 0. The van der Waals surface area contributed by atoms with Crippen molar-refractivity contribution in [3.63, 3.8) is 0 Å². The molecule has 0 bridgehead atoms. The van der Waals surface area contributed by atoms with Crippen molar-refractivity contribution in [1.82, 2.24) is 4.98 Å². The number of carbonyl (C=O) groups is 1. The van der Waals surface area contributed by atoms with Crippen LogP contribution in [0.15, 0.2) is 18.3 Å². The minimum atomic E-state index is 0.0314. The summed E-state index contributed by atoms with van der Waals surface area (Å²) in [5.41, 5.74) is 6.11. The first kappa shape index (κ1) is 11.6. The van der Waals surface area contributed by atoms with E-state index in [1.54, 1.807) is 18.3 Å². The standard InChI is InChI=1S/C13H15N3O/c14-6-1-2-10-5-7-15-12(8-10)16-13(17)9-11-3-4-11/h5,7-8,11H,3-4,6,9,14H2,(H,15,16,17). The average Bonchev–Trinajstić information content (AvgIpc) is 3.10. The van der Waals surface area contributed by atoms with E-state index < -0.39 is 0 Å². The van der Waals surface area contributed by atoms with Crippen molar-refractivity contribution < 1.29 is 4.79 Å². The zero-order valence-electron chi connectivity index (χ0n) is 9.57. The molecule has 17 heavy (non-hydrogen) atoms. The summed E-state index contributed by atoms with van der Waals surface area (Å²) in [7, 11) is 0. The van der Waals surface area contributed by atoms with E-state index in [9.17, 15) is 4.79 Å². The first-order chi connectivity index (χ1) is 8.28. The third-order valence-electron chi connectivity index (χ3n) is 2.53. The number of carbonyl (C=O) groups excluding carboxylic acids is 1. The van der Waals surface area contributed by atoms with Gasteiger partial charge in [-0.05, 0) is 30.9 Å². The molecule has 0 atom stereocenters. The predicted octanol–water partition coefficient (Wildman–Crippen LogP) is 1.13. The van der Waals surface area contributed by atoms with Crippen LogP contribution in [0.25, 0.3) is 0 Å². The molecule has 1 aromatic heterocycles. The molecule has 0 aromatic carbocycles. The number of hydrogen-bond acceptors (Lipinski definition) is 3. The van der Waals surface area contributed by atoms with Crippen molar-refractivity contribution in [1.29, 1.82) is 0 Å². The number of pyridine rings is 1. The van der Waals surface area contributed by atoms with Crippen molar-refractivity contribution in [2.75, 3.05) is 11.9 Å². The van der Waals surface area contributed by atoms with Gasteiger partial charge in [-0.1, -0.05) is 11.8 Å². The van der Waals surface area contributed by atoms with Crippen LogP contribution in [0.1, 0.15) is 24.8 Å². The molecule has 3 N–H and O–H groups in total. The Bertz CT molecular complexity index is 469. The van der Waals surface area contributed by atoms with Gasteiger partial charge in [0.15, 0.2) is 0 Å². The summed E-state index contributed by atoms with van der Waals surface area (Å²) in [6.07, 6.45) is 4.57. The lowest BCUT2D eigenvalue weighted by atomic mass is 10.2. The van der Waals surface area contributed by atoms with Gasteiger partial charge in [0.25, 0.3) is 0 Å². The SMILES string of the molecule is NCC#Cc1ccnc(NC(=O)CC2CC2)c1. The van der Waals surface area contributed by atoms with Crippen molar-refractivity contribution in [2.45, 2.75) is 19.3 Å². The molecule has 88 valence electrons. The van der Waals surface area contributed by atoms with E-state index in [4.69, 9.17) is 5.73 Å². The molecule has 1 amide bonds. The van der Waals surface area contributed by atoms with Gasteiger partial charge in [0.1, 0.15) is 5.82 Å². The quantitative estimate of drug-likeness (QED) is 0.763. The Hall–Kier alpha value is -1.86. The molecule has 1 aliphatic rings. The number of hydrogen-bond donors (Lipinski definition) is 2. The fourth-order valence-corrected chi connectivity index (χ4v) is 1.51. The topological polar surface area (TPSA) is 68.0 Å². The maximum absolute atomic E-state index is 11.6. The number of nitrogens with zero attached hydrogens (tertiary/aromatic N) is 1. The molecule has 4 heteroatoms. The number of nitrogens with one attached hydrogen (secondary N) is 1. The first-order valence-corrected chi connectivity index (χ1v) is 5.73. The van der Waals surface area contributed by atoms with Crippen LogP contribution in [0.2, 0.25) is 0 Å². The predicted molar refractivity (Wildman–Crippen MR) is 66.1 cm³/mol. The number of aromatic nitrogens is 1.